The van der Waals surface area contributed by atoms with Crippen LogP contribution in [-0.4, -0.2) is 19.9 Å². The molecule has 0 saturated carbocycles. The Bertz CT molecular complexity index is 3250. The van der Waals surface area contributed by atoms with Crippen molar-refractivity contribution in [2.45, 2.75) is 0 Å². The summed E-state index contributed by atoms with van der Waals surface area (Å²) >= 11 is 1.80. The van der Waals surface area contributed by atoms with Crippen LogP contribution in [-0.2, 0) is 0 Å². The summed E-state index contributed by atoms with van der Waals surface area (Å²) in [6.07, 6.45) is 0. The predicted molar refractivity (Wildman–Crippen MR) is 230 cm³/mol. The lowest BCUT2D eigenvalue weighted by molar-refractivity contribution is 0.620. The number of benzene rings is 8. The topological polar surface area (TPSA) is 64.7 Å². The van der Waals surface area contributed by atoms with Gasteiger partial charge in [0.05, 0.1) is 0 Å². The summed E-state index contributed by atoms with van der Waals surface area (Å²) in [6.45, 7) is 0. The Morgan fingerprint density at radius 3 is 1.68 bits per heavy atom. The minimum absolute atomic E-state index is 0.553. The van der Waals surface area contributed by atoms with Gasteiger partial charge in [-0.3, -0.25) is 0 Å². The van der Waals surface area contributed by atoms with Crippen LogP contribution in [0.15, 0.2) is 186 Å². The van der Waals surface area contributed by atoms with E-state index < -0.39 is 0 Å². The average molecular weight is 735 g/mol. The van der Waals surface area contributed by atoms with Crippen molar-refractivity contribution in [1.82, 2.24) is 19.9 Å². The molecule has 6 heteroatoms. The van der Waals surface area contributed by atoms with Crippen molar-refractivity contribution in [3.05, 3.63) is 182 Å². The van der Waals surface area contributed by atoms with E-state index >= 15 is 0 Å². The lowest BCUT2D eigenvalue weighted by Gasteiger charge is -2.11. The molecule has 56 heavy (non-hydrogen) atoms. The Kier molecular flexibility index (Phi) is 7.60. The summed E-state index contributed by atoms with van der Waals surface area (Å²) in [5.74, 6) is 2.31. The minimum Gasteiger partial charge on any atom is -0.436 e. The third-order valence-electron chi connectivity index (χ3n) is 10.3. The molecule has 3 aromatic heterocycles. The van der Waals surface area contributed by atoms with Crippen LogP contribution >= 0.6 is 11.3 Å². The van der Waals surface area contributed by atoms with Gasteiger partial charge in [0.15, 0.2) is 23.1 Å². The van der Waals surface area contributed by atoms with Crippen molar-refractivity contribution in [3.63, 3.8) is 0 Å². The molecule has 0 fully saturated rings. The summed E-state index contributed by atoms with van der Waals surface area (Å²) in [6, 6.07) is 63.0. The van der Waals surface area contributed by atoms with Crippen LogP contribution in [0.1, 0.15) is 0 Å². The fourth-order valence-electron chi connectivity index (χ4n) is 7.52. The predicted octanol–water partition coefficient (Wildman–Crippen LogP) is 13.5. The van der Waals surface area contributed by atoms with Crippen LogP contribution < -0.4 is 0 Å². The zero-order chi connectivity index (χ0) is 37.0. The molecule has 11 rings (SSSR count). The molecule has 0 atom stereocenters. The molecule has 8 aromatic carbocycles. The van der Waals surface area contributed by atoms with E-state index in [1.54, 1.807) is 11.3 Å². The third kappa shape index (κ3) is 5.72. The first kappa shape index (κ1) is 32.2. The molecule has 0 amide bonds. The first-order chi connectivity index (χ1) is 27.7. The van der Waals surface area contributed by atoms with Gasteiger partial charge in [0.25, 0.3) is 0 Å². The number of hydrogen-bond donors (Lipinski definition) is 0. The number of oxazole rings is 1. The summed E-state index contributed by atoms with van der Waals surface area (Å²) < 4.78 is 9.04. The van der Waals surface area contributed by atoms with Gasteiger partial charge in [-0.25, -0.2) is 19.9 Å². The zero-order valence-electron chi connectivity index (χ0n) is 29.9. The number of nitrogens with zero attached hydrogens (tertiary/aromatic N) is 4. The Hall–Kier alpha value is -7.28. The third-order valence-corrected chi connectivity index (χ3v) is 11.5. The van der Waals surface area contributed by atoms with Crippen molar-refractivity contribution in [1.29, 1.82) is 0 Å². The summed E-state index contributed by atoms with van der Waals surface area (Å²) in [7, 11) is 0. The van der Waals surface area contributed by atoms with E-state index in [0.717, 1.165) is 49.7 Å². The quantitative estimate of drug-likeness (QED) is 0.170. The van der Waals surface area contributed by atoms with Gasteiger partial charge in [0.2, 0.25) is 5.89 Å². The number of aromatic nitrogens is 4. The average Bonchev–Trinajstić information content (AvgIpc) is 3.88. The molecule has 0 aliphatic heterocycles. The molecular weight excluding hydrogens is 705 g/mol. The van der Waals surface area contributed by atoms with E-state index in [4.69, 9.17) is 24.4 Å². The summed E-state index contributed by atoms with van der Waals surface area (Å²) in [4.78, 5) is 20.4. The van der Waals surface area contributed by atoms with E-state index in [1.807, 2.05) is 72.8 Å². The Morgan fingerprint density at radius 1 is 0.357 bits per heavy atom. The second-order valence-corrected chi connectivity index (χ2v) is 15.0. The van der Waals surface area contributed by atoms with Crippen molar-refractivity contribution in [3.8, 4) is 67.9 Å². The van der Waals surface area contributed by atoms with Gasteiger partial charge < -0.3 is 4.42 Å². The second-order valence-electron chi connectivity index (χ2n) is 13.9. The van der Waals surface area contributed by atoms with Crippen molar-refractivity contribution < 1.29 is 4.42 Å². The van der Waals surface area contributed by atoms with Gasteiger partial charge in [-0.15, -0.1) is 11.3 Å². The smallest absolute Gasteiger partial charge is 0.227 e. The fourth-order valence-corrected chi connectivity index (χ4v) is 8.67. The zero-order valence-corrected chi connectivity index (χ0v) is 30.7. The van der Waals surface area contributed by atoms with Crippen molar-refractivity contribution in [2.75, 3.05) is 0 Å². The van der Waals surface area contributed by atoms with Crippen LogP contribution in [0.25, 0.3) is 110 Å². The Labute approximate surface area is 326 Å². The van der Waals surface area contributed by atoms with Gasteiger partial charge in [-0.2, -0.15) is 0 Å². The van der Waals surface area contributed by atoms with Crippen LogP contribution in [0, 0.1) is 0 Å². The van der Waals surface area contributed by atoms with Gasteiger partial charge in [-0.1, -0.05) is 133 Å². The highest BCUT2D eigenvalue weighted by Crippen LogP contribution is 2.40. The van der Waals surface area contributed by atoms with E-state index in [0.29, 0.717) is 28.9 Å². The van der Waals surface area contributed by atoms with Gasteiger partial charge in [0, 0.05) is 48.0 Å². The molecule has 0 spiro atoms. The maximum Gasteiger partial charge on any atom is 0.227 e. The molecule has 0 aliphatic carbocycles. The highest BCUT2D eigenvalue weighted by atomic mass is 32.1. The van der Waals surface area contributed by atoms with Gasteiger partial charge in [-0.05, 0) is 76.0 Å². The van der Waals surface area contributed by atoms with Crippen molar-refractivity contribution >= 4 is 53.4 Å². The Balaban J connectivity index is 1.10. The molecule has 0 bridgehead atoms. The van der Waals surface area contributed by atoms with Crippen molar-refractivity contribution in [2.24, 2.45) is 0 Å². The number of thiophene rings is 1. The molecule has 0 N–H and O–H groups in total. The van der Waals surface area contributed by atoms with Gasteiger partial charge in [0.1, 0.15) is 5.52 Å². The Morgan fingerprint density at radius 2 is 0.929 bits per heavy atom. The summed E-state index contributed by atoms with van der Waals surface area (Å²) in [5.41, 5.74) is 9.37. The van der Waals surface area contributed by atoms with Crippen LogP contribution in [0.2, 0.25) is 0 Å². The van der Waals surface area contributed by atoms with E-state index in [-0.39, 0.29) is 0 Å². The molecule has 0 radical (unpaired) electrons. The molecule has 0 aliphatic rings. The lowest BCUT2D eigenvalue weighted by atomic mass is 9.99. The summed E-state index contributed by atoms with van der Waals surface area (Å²) in [5, 5.41) is 4.77. The molecule has 11 aromatic rings. The fraction of sp³-hybridized carbons (Fsp3) is 0. The molecule has 5 nitrogen and oxygen atoms in total. The maximum atomic E-state index is 6.55. The normalized spacial score (nSPS) is 11.6. The maximum absolute atomic E-state index is 6.55. The number of hydrogen-bond acceptors (Lipinski definition) is 6. The first-order valence-corrected chi connectivity index (χ1v) is 19.4. The monoisotopic (exact) mass is 734 g/mol. The molecule has 0 saturated heterocycles. The molecule has 262 valence electrons. The van der Waals surface area contributed by atoms with Crippen LogP contribution in [0.5, 0.6) is 0 Å². The number of fused-ring (bicyclic) bond motifs is 5. The van der Waals surface area contributed by atoms with Crippen LogP contribution in [0.3, 0.4) is 0 Å². The van der Waals surface area contributed by atoms with E-state index in [9.17, 15) is 0 Å². The number of rotatable bonds is 6. The highest BCUT2D eigenvalue weighted by molar-refractivity contribution is 7.25. The molecule has 0 unspecified atom stereocenters. The van der Waals surface area contributed by atoms with Crippen LogP contribution in [0.4, 0.5) is 0 Å². The SMILES string of the molecule is c1ccc(-c2ccc3cc(-c4nc(-c5ccccc5)nc(-c5cc(-c6ccc7c(c6)sc6ccccc67)c6nc(-c7ccccc7)oc6c5)n4)ccc3c2)cc1. The lowest BCUT2D eigenvalue weighted by Crippen LogP contribution is -2.00. The van der Waals surface area contributed by atoms with E-state index in [2.05, 4.69) is 109 Å². The minimum atomic E-state index is 0.553. The molecule has 3 heterocycles. The molecular formula is C50H30N4OS. The first-order valence-electron chi connectivity index (χ1n) is 18.5. The highest BCUT2D eigenvalue weighted by Gasteiger charge is 2.20. The standard InChI is InChI=1S/C50H30N4OS/c1-4-12-31(13-5-1)34-20-21-36-27-38(23-22-35(36)26-34)48-52-47(32-14-6-2-7-15-32)53-49(54-48)39-28-42(46-43(29-39)55-50(51-46)33-16-8-3-9-17-33)37-24-25-41-40-18-10-11-19-44(40)56-45(41)30-37/h1-30H. The van der Waals surface area contributed by atoms with Gasteiger partial charge >= 0.3 is 0 Å². The second kappa shape index (κ2) is 13.2. The van der Waals surface area contributed by atoms with E-state index in [1.165, 1.54) is 31.3 Å². The largest absolute Gasteiger partial charge is 0.436 e.